The second-order valence-corrected chi connectivity index (χ2v) is 7.23. The van der Waals surface area contributed by atoms with Gasteiger partial charge in [-0.3, -0.25) is 0 Å². The number of hydrogen-bond donors (Lipinski definition) is 1. The van der Waals surface area contributed by atoms with Crippen molar-refractivity contribution in [2.24, 2.45) is 0 Å². The molecule has 4 rings (SSSR count). The Bertz CT molecular complexity index is 938. The van der Waals surface area contributed by atoms with Crippen LogP contribution < -0.4 is 0 Å². The highest BCUT2D eigenvalue weighted by molar-refractivity contribution is 9.11. The smallest absolute Gasteiger partial charge is 0.135 e. The van der Waals surface area contributed by atoms with Crippen molar-refractivity contribution in [2.75, 3.05) is 0 Å². The molecule has 0 aliphatic rings. The predicted molar refractivity (Wildman–Crippen MR) is 89.8 cm³/mol. The van der Waals surface area contributed by atoms with Gasteiger partial charge in [0.05, 0.1) is 3.79 Å². The Labute approximate surface area is 133 Å². The highest BCUT2D eigenvalue weighted by atomic mass is 79.9. The number of rotatable bonds is 2. The monoisotopic (exact) mass is 358 g/mol. The van der Waals surface area contributed by atoms with E-state index in [1.54, 1.807) is 11.3 Å². The molecule has 2 heterocycles. The van der Waals surface area contributed by atoms with Gasteiger partial charge in [-0.1, -0.05) is 24.3 Å². The van der Waals surface area contributed by atoms with Crippen molar-refractivity contribution in [2.45, 2.75) is 6.10 Å². The maximum absolute atomic E-state index is 10.5. The summed E-state index contributed by atoms with van der Waals surface area (Å²) in [6, 6.07) is 15.8. The van der Waals surface area contributed by atoms with E-state index in [9.17, 15) is 5.11 Å². The van der Waals surface area contributed by atoms with E-state index in [2.05, 4.69) is 15.9 Å². The Kier molecular flexibility index (Phi) is 3.10. The van der Waals surface area contributed by atoms with Crippen molar-refractivity contribution in [3.63, 3.8) is 0 Å². The van der Waals surface area contributed by atoms with Crippen LogP contribution in [0.1, 0.15) is 17.2 Å². The summed E-state index contributed by atoms with van der Waals surface area (Å²) in [4.78, 5) is 0. The van der Waals surface area contributed by atoms with E-state index in [1.807, 2.05) is 53.9 Å². The Morgan fingerprint density at radius 2 is 1.76 bits per heavy atom. The van der Waals surface area contributed by atoms with Crippen LogP contribution in [0.3, 0.4) is 0 Å². The lowest BCUT2D eigenvalue weighted by Crippen LogP contribution is -1.97. The van der Waals surface area contributed by atoms with Crippen molar-refractivity contribution < 1.29 is 9.52 Å². The van der Waals surface area contributed by atoms with Crippen molar-refractivity contribution in [1.29, 1.82) is 0 Å². The normalized spacial score (nSPS) is 13.0. The first-order valence-corrected chi connectivity index (χ1v) is 8.23. The van der Waals surface area contributed by atoms with Gasteiger partial charge in [0, 0.05) is 10.8 Å². The van der Waals surface area contributed by atoms with Crippen LogP contribution in [0.2, 0.25) is 0 Å². The molecular formula is C17H11BrO2S. The number of furan rings is 1. The van der Waals surface area contributed by atoms with Crippen LogP contribution in [0, 0.1) is 0 Å². The molecule has 0 fully saturated rings. The summed E-state index contributed by atoms with van der Waals surface area (Å²) in [5, 5.41) is 14.6. The number of aliphatic hydroxyl groups excluding tert-OH is 1. The van der Waals surface area contributed by atoms with E-state index in [0.29, 0.717) is 0 Å². The number of halogens is 1. The fourth-order valence-corrected chi connectivity index (χ4v) is 3.77. The molecule has 2 nitrogen and oxygen atoms in total. The number of para-hydroxylation sites is 1. The van der Waals surface area contributed by atoms with E-state index in [-0.39, 0.29) is 0 Å². The van der Waals surface area contributed by atoms with Gasteiger partial charge >= 0.3 is 0 Å². The van der Waals surface area contributed by atoms with Crippen LogP contribution in [-0.2, 0) is 0 Å². The first-order chi connectivity index (χ1) is 10.2. The molecule has 104 valence electrons. The fourth-order valence-electron chi connectivity index (χ4n) is 2.57. The number of thiophene rings is 1. The summed E-state index contributed by atoms with van der Waals surface area (Å²) in [5.41, 5.74) is 3.49. The molecule has 0 radical (unpaired) electrons. The van der Waals surface area contributed by atoms with Crippen molar-refractivity contribution in [3.8, 4) is 0 Å². The van der Waals surface area contributed by atoms with E-state index >= 15 is 0 Å². The third kappa shape index (κ3) is 2.20. The maximum atomic E-state index is 10.5. The zero-order chi connectivity index (χ0) is 14.4. The molecule has 0 bridgehead atoms. The van der Waals surface area contributed by atoms with Crippen LogP contribution in [0.25, 0.3) is 21.9 Å². The summed E-state index contributed by atoms with van der Waals surface area (Å²) >= 11 is 5.00. The summed E-state index contributed by atoms with van der Waals surface area (Å²) in [7, 11) is 0. The van der Waals surface area contributed by atoms with Crippen LogP contribution in [0.15, 0.2) is 62.1 Å². The molecule has 0 aliphatic carbocycles. The molecule has 1 atom stereocenters. The SMILES string of the molecule is OC(c1csc(Br)c1)c1ccc2oc3ccccc3c2c1. The minimum absolute atomic E-state index is 0.620. The average Bonchev–Trinajstić information content (AvgIpc) is 3.09. The van der Waals surface area contributed by atoms with Crippen LogP contribution in [0.5, 0.6) is 0 Å². The summed E-state index contributed by atoms with van der Waals surface area (Å²) in [5.74, 6) is 0. The molecule has 1 unspecified atom stereocenters. The first kappa shape index (κ1) is 13.1. The topological polar surface area (TPSA) is 33.4 Å². The molecule has 21 heavy (non-hydrogen) atoms. The lowest BCUT2D eigenvalue weighted by atomic mass is 10.0. The van der Waals surface area contributed by atoms with Gasteiger partial charge in [-0.15, -0.1) is 11.3 Å². The van der Waals surface area contributed by atoms with Gasteiger partial charge in [0.2, 0.25) is 0 Å². The van der Waals surface area contributed by atoms with Gasteiger partial charge in [0.25, 0.3) is 0 Å². The highest BCUT2D eigenvalue weighted by Gasteiger charge is 2.14. The molecule has 2 aromatic carbocycles. The van der Waals surface area contributed by atoms with Gasteiger partial charge in [-0.05, 0) is 56.7 Å². The number of hydrogen-bond acceptors (Lipinski definition) is 3. The first-order valence-electron chi connectivity index (χ1n) is 6.55. The van der Waals surface area contributed by atoms with Gasteiger partial charge in [0.1, 0.15) is 17.3 Å². The molecule has 4 aromatic rings. The molecule has 0 saturated carbocycles. The molecule has 0 spiro atoms. The van der Waals surface area contributed by atoms with Crippen LogP contribution in [0.4, 0.5) is 0 Å². The maximum Gasteiger partial charge on any atom is 0.135 e. The predicted octanol–water partition coefficient (Wildman–Crippen LogP) is 5.49. The molecular weight excluding hydrogens is 348 g/mol. The highest BCUT2D eigenvalue weighted by Crippen LogP contribution is 2.34. The molecule has 0 aliphatic heterocycles. The quantitative estimate of drug-likeness (QED) is 0.513. The van der Waals surface area contributed by atoms with E-state index < -0.39 is 6.10 Å². The second kappa shape index (κ2) is 4.98. The van der Waals surface area contributed by atoms with Crippen LogP contribution >= 0.6 is 27.3 Å². The Morgan fingerprint density at radius 1 is 0.952 bits per heavy atom. The van der Waals surface area contributed by atoms with E-state index in [0.717, 1.165) is 36.9 Å². The van der Waals surface area contributed by atoms with Crippen molar-refractivity contribution >= 4 is 49.2 Å². The van der Waals surface area contributed by atoms with Gasteiger partial charge in [0.15, 0.2) is 0 Å². The molecule has 0 amide bonds. The van der Waals surface area contributed by atoms with Crippen LogP contribution in [-0.4, -0.2) is 5.11 Å². The number of aliphatic hydroxyl groups is 1. The second-order valence-electron chi connectivity index (χ2n) is 4.94. The zero-order valence-corrected chi connectivity index (χ0v) is 13.3. The molecule has 4 heteroatoms. The van der Waals surface area contributed by atoms with Crippen molar-refractivity contribution in [3.05, 3.63) is 68.8 Å². The summed E-state index contributed by atoms with van der Waals surface area (Å²) in [6.07, 6.45) is -0.620. The van der Waals surface area contributed by atoms with E-state index in [4.69, 9.17) is 4.42 Å². The lowest BCUT2D eigenvalue weighted by Gasteiger charge is -2.09. The largest absolute Gasteiger partial charge is 0.456 e. The number of benzene rings is 2. The average molecular weight is 359 g/mol. The van der Waals surface area contributed by atoms with Crippen molar-refractivity contribution in [1.82, 2.24) is 0 Å². The number of fused-ring (bicyclic) bond motifs is 3. The lowest BCUT2D eigenvalue weighted by molar-refractivity contribution is 0.221. The third-order valence-electron chi connectivity index (χ3n) is 3.62. The summed E-state index contributed by atoms with van der Waals surface area (Å²) in [6.45, 7) is 0. The Hall–Kier alpha value is -1.62. The van der Waals surface area contributed by atoms with Gasteiger partial charge in [-0.2, -0.15) is 0 Å². The molecule has 2 aromatic heterocycles. The minimum Gasteiger partial charge on any atom is -0.456 e. The van der Waals surface area contributed by atoms with E-state index in [1.165, 1.54) is 0 Å². The molecule has 0 saturated heterocycles. The zero-order valence-electron chi connectivity index (χ0n) is 10.9. The Balaban J connectivity index is 1.88. The third-order valence-corrected chi connectivity index (χ3v) is 5.14. The molecule has 1 N–H and O–H groups in total. The Morgan fingerprint density at radius 3 is 2.57 bits per heavy atom. The van der Waals surface area contributed by atoms with Gasteiger partial charge < -0.3 is 9.52 Å². The minimum atomic E-state index is -0.620. The fraction of sp³-hybridized carbons (Fsp3) is 0.0588. The summed E-state index contributed by atoms with van der Waals surface area (Å²) < 4.78 is 6.83. The standard InChI is InChI=1S/C17H11BrO2S/c18-16-8-11(9-21-16)17(19)10-5-6-15-13(7-10)12-3-1-2-4-14(12)20-15/h1-9,17,19H. The van der Waals surface area contributed by atoms with Gasteiger partial charge in [-0.25, -0.2) is 0 Å².